The van der Waals surface area contributed by atoms with Gasteiger partial charge in [0.1, 0.15) is 0 Å². The Morgan fingerprint density at radius 3 is 2.50 bits per heavy atom. The van der Waals surface area contributed by atoms with Crippen LogP contribution in [0, 0.1) is 0 Å². The molecule has 0 fully saturated rings. The molecule has 0 atom stereocenters. The van der Waals surface area contributed by atoms with Crippen LogP contribution in [0.1, 0.15) is 11.1 Å². The zero-order valence-electron chi connectivity index (χ0n) is 8.55. The summed E-state index contributed by atoms with van der Waals surface area (Å²) in [4.78, 5) is 10.3. The van der Waals surface area contributed by atoms with E-state index in [2.05, 4.69) is 5.10 Å². The van der Waals surface area contributed by atoms with Crippen LogP contribution in [0.4, 0.5) is 18.0 Å². The second kappa shape index (κ2) is 5.45. The van der Waals surface area contributed by atoms with E-state index in [0.717, 1.165) is 12.3 Å². The number of nitrogens with zero attached hydrogens (tertiary/aromatic N) is 1. The molecule has 0 saturated heterocycles. The molecule has 3 N–H and O–H groups in total. The fourth-order valence-electron chi connectivity index (χ4n) is 1.06. The van der Waals surface area contributed by atoms with Gasteiger partial charge < -0.3 is 5.73 Å². The zero-order valence-corrected chi connectivity index (χ0v) is 10.1. The van der Waals surface area contributed by atoms with Crippen molar-refractivity contribution < 1.29 is 18.0 Å². The van der Waals surface area contributed by atoms with Crippen molar-refractivity contribution in [1.82, 2.24) is 5.43 Å². The lowest BCUT2D eigenvalue weighted by atomic mass is 10.1. The topological polar surface area (TPSA) is 67.5 Å². The molecule has 9 heteroatoms. The predicted octanol–water partition coefficient (Wildman–Crippen LogP) is 3.01. The molecule has 0 aliphatic rings. The van der Waals surface area contributed by atoms with Gasteiger partial charge in [0.2, 0.25) is 0 Å². The van der Waals surface area contributed by atoms with E-state index in [1.165, 1.54) is 6.07 Å². The summed E-state index contributed by atoms with van der Waals surface area (Å²) >= 11 is 11.0. The van der Waals surface area contributed by atoms with Gasteiger partial charge in [-0.1, -0.05) is 23.2 Å². The third kappa shape index (κ3) is 3.78. The Hall–Kier alpha value is -1.47. The first kappa shape index (κ1) is 14.6. The lowest BCUT2D eigenvalue weighted by Gasteiger charge is -2.10. The maximum absolute atomic E-state index is 12.6. The summed E-state index contributed by atoms with van der Waals surface area (Å²) in [6.07, 6.45) is -3.68. The van der Waals surface area contributed by atoms with Crippen molar-refractivity contribution in [2.75, 3.05) is 0 Å². The van der Waals surface area contributed by atoms with Crippen molar-refractivity contribution in [1.29, 1.82) is 0 Å². The summed E-state index contributed by atoms with van der Waals surface area (Å²) < 4.78 is 37.7. The summed E-state index contributed by atoms with van der Waals surface area (Å²) in [7, 11) is 0. The molecule has 1 aromatic carbocycles. The molecule has 98 valence electrons. The van der Waals surface area contributed by atoms with Gasteiger partial charge in [-0.05, 0) is 17.7 Å². The number of rotatable bonds is 2. The molecule has 0 bridgehead atoms. The molecule has 1 aromatic rings. The van der Waals surface area contributed by atoms with Gasteiger partial charge in [-0.15, -0.1) is 0 Å². The summed E-state index contributed by atoms with van der Waals surface area (Å²) in [5.41, 5.74) is 5.49. The molecule has 0 saturated carbocycles. The minimum Gasteiger partial charge on any atom is -0.350 e. The standard InChI is InChI=1S/C9H6Cl2F3N3O/c10-6-2-4(3-16-17-8(15)18)1-5(7(6)11)9(12,13)14/h1-3H,(H3,15,17,18). The van der Waals surface area contributed by atoms with Gasteiger partial charge in [0.15, 0.2) is 0 Å². The number of carbonyl (C=O) groups is 1. The lowest BCUT2D eigenvalue weighted by molar-refractivity contribution is -0.137. The smallest absolute Gasteiger partial charge is 0.350 e. The van der Waals surface area contributed by atoms with Crippen molar-refractivity contribution in [3.63, 3.8) is 0 Å². The Morgan fingerprint density at radius 1 is 1.39 bits per heavy atom. The zero-order chi connectivity index (χ0) is 13.9. The van der Waals surface area contributed by atoms with Crippen LogP contribution in [0.25, 0.3) is 0 Å². The highest BCUT2D eigenvalue weighted by Crippen LogP contribution is 2.38. The number of primary amides is 1. The first-order chi connectivity index (χ1) is 8.21. The number of halogens is 5. The van der Waals surface area contributed by atoms with Crippen LogP contribution >= 0.6 is 23.2 Å². The van der Waals surface area contributed by atoms with E-state index < -0.39 is 22.8 Å². The average molecular weight is 300 g/mol. The quantitative estimate of drug-likeness (QED) is 0.640. The van der Waals surface area contributed by atoms with Crippen LogP contribution in [0.5, 0.6) is 0 Å². The maximum atomic E-state index is 12.6. The molecule has 0 aromatic heterocycles. The van der Waals surface area contributed by atoms with E-state index in [1.54, 1.807) is 0 Å². The van der Waals surface area contributed by atoms with Gasteiger partial charge in [-0.2, -0.15) is 18.3 Å². The van der Waals surface area contributed by atoms with E-state index in [1.807, 2.05) is 5.43 Å². The number of nitrogens with one attached hydrogen (secondary N) is 1. The Morgan fingerprint density at radius 2 is 2.00 bits per heavy atom. The highest BCUT2D eigenvalue weighted by atomic mass is 35.5. The van der Waals surface area contributed by atoms with Gasteiger partial charge in [0.05, 0.1) is 21.8 Å². The van der Waals surface area contributed by atoms with E-state index in [9.17, 15) is 18.0 Å². The van der Waals surface area contributed by atoms with E-state index >= 15 is 0 Å². The van der Waals surface area contributed by atoms with E-state index in [0.29, 0.717) is 0 Å². The highest BCUT2D eigenvalue weighted by molar-refractivity contribution is 6.42. The number of hydrogen-bond acceptors (Lipinski definition) is 2. The first-order valence-corrected chi connectivity index (χ1v) is 5.12. The minimum absolute atomic E-state index is 0.0190. The Balaban J connectivity index is 3.13. The van der Waals surface area contributed by atoms with Crippen molar-refractivity contribution in [3.8, 4) is 0 Å². The first-order valence-electron chi connectivity index (χ1n) is 4.36. The lowest BCUT2D eigenvalue weighted by Crippen LogP contribution is -2.24. The predicted molar refractivity (Wildman–Crippen MR) is 61.8 cm³/mol. The van der Waals surface area contributed by atoms with Crippen LogP contribution in [-0.2, 0) is 6.18 Å². The number of urea groups is 1. The summed E-state index contributed by atoms with van der Waals surface area (Å²) in [6, 6.07) is 0.980. The monoisotopic (exact) mass is 299 g/mol. The fourth-order valence-corrected chi connectivity index (χ4v) is 1.51. The third-order valence-corrected chi connectivity index (χ3v) is 2.55. The van der Waals surface area contributed by atoms with Gasteiger partial charge in [-0.25, -0.2) is 10.2 Å². The number of carbonyl (C=O) groups excluding carboxylic acids is 1. The Kier molecular flexibility index (Phi) is 4.42. The van der Waals surface area contributed by atoms with Gasteiger partial charge in [-0.3, -0.25) is 0 Å². The van der Waals surface area contributed by atoms with Gasteiger partial charge >= 0.3 is 12.2 Å². The SMILES string of the molecule is NC(=O)NN=Cc1cc(Cl)c(Cl)c(C(F)(F)F)c1. The second-order valence-electron chi connectivity index (χ2n) is 3.10. The van der Waals surface area contributed by atoms with Crippen molar-refractivity contribution in [3.05, 3.63) is 33.3 Å². The largest absolute Gasteiger partial charge is 0.417 e. The van der Waals surface area contributed by atoms with Crippen molar-refractivity contribution in [2.24, 2.45) is 10.8 Å². The van der Waals surface area contributed by atoms with E-state index in [4.69, 9.17) is 28.9 Å². The summed E-state index contributed by atoms with van der Waals surface area (Å²) in [5, 5.41) is 2.45. The minimum atomic E-state index is -4.64. The van der Waals surface area contributed by atoms with Crippen LogP contribution in [-0.4, -0.2) is 12.2 Å². The summed E-state index contributed by atoms with van der Waals surface area (Å²) in [5.74, 6) is 0. The number of nitrogens with two attached hydrogens (primary N) is 1. The van der Waals surface area contributed by atoms with E-state index in [-0.39, 0.29) is 10.6 Å². The molecule has 0 radical (unpaired) electrons. The third-order valence-electron chi connectivity index (χ3n) is 1.74. The number of amides is 2. The molecule has 4 nitrogen and oxygen atoms in total. The normalized spacial score (nSPS) is 11.8. The Labute approximate surface area is 110 Å². The van der Waals surface area contributed by atoms with Crippen LogP contribution in [0.2, 0.25) is 10.0 Å². The number of hydrogen-bond donors (Lipinski definition) is 2. The fraction of sp³-hybridized carbons (Fsp3) is 0.111. The van der Waals surface area contributed by atoms with Gasteiger partial charge in [0.25, 0.3) is 0 Å². The molecule has 0 spiro atoms. The van der Waals surface area contributed by atoms with Crippen LogP contribution in [0.3, 0.4) is 0 Å². The molecule has 0 heterocycles. The number of alkyl halides is 3. The highest BCUT2D eigenvalue weighted by Gasteiger charge is 2.34. The van der Waals surface area contributed by atoms with Crippen molar-refractivity contribution >= 4 is 35.4 Å². The van der Waals surface area contributed by atoms with Crippen LogP contribution < -0.4 is 11.2 Å². The van der Waals surface area contributed by atoms with Gasteiger partial charge in [0, 0.05) is 0 Å². The number of benzene rings is 1. The molecule has 18 heavy (non-hydrogen) atoms. The summed E-state index contributed by atoms with van der Waals surface area (Å²) in [6.45, 7) is 0. The number of hydrazone groups is 1. The Bertz CT molecular complexity index is 503. The maximum Gasteiger partial charge on any atom is 0.417 e. The van der Waals surface area contributed by atoms with Crippen molar-refractivity contribution in [2.45, 2.75) is 6.18 Å². The molecule has 0 unspecified atom stereocenters. The van der Waals surface area contributed by atoms with Crippen LogP contribution in [0.15, 0.2) is 17.2 Å². The molecule has 0 aliphatic carbocycles. The second-order valence-corrected chi connectivity index (χ2v) is 3.88. The molecular formula is C9H6Cl2F3N3O. The molecule has 2 amide bonds. The average Bonchev–Trinajstić information content (AvgIpc) is 2.20. The molecular weight excluding hydrogens is 294 g/mol. The molecule has 1 rings (SSSR count). The molecule has 0 aliphatic heterocycles.